The molecule has 0 unspecified atom stereocenters. The van der Waals surface area contributed by atoms with Crippen LogP contribution in [0.4, 0.5) is 0 Å². The number of nitrogens with zero attached hydrogens (tertiary/aromatic N) is 2. The van der Waals surface area contributed by atoms with Gasteiger partial charge in [0, 0.05) is 19.6 Å². The Morgan fingerprint density at radius 1 is 1.06 bits per heavy atom. The normalized spacial score (nSPS) is 13.0. The quantitative estimate of drug-likeness (QED) is 0.651. The van der Waals surface area contributed by atoms with Crippen molar-refractivity contribution >= 4 is 10.0 Å². The summed E-state index contributed by atoms with van der Waals surface area (Å²) in [6, 6.07) is 0. The van der Waals surface area contributed by atoms with Crippen LogP contribution in [0.5, 0.6) is 0 Å². The fourth-order valence-electron chi connectivity index (χ4n) is 1.59. The molecule has 0 amide bonds. The zero-order valence-electron chi connectivity index (χ0n) is 11.2. The summed E-state index contributed by atoms with van der Waals surface area (Å²) in [7, 11) is -3.07. The Morgan fingerprint density at radius 2 is 1.56 bits per heavy atom. The molecule has 0 bridgehead atoms. The zero-order valence-corrected chi connectivity index (χ0v) is 12.0. The van der Waals surface area contributed by atoms with Crippen LogP contribution in [-0.4, -0.2) is 56.6 Å². The first-order chi connectivity index (χ1) is 7.31. The average molecular weight is 250 g/mol. The highest BCUT2D eigenvalue weighted by atomic mass is 32.2. The second-order valence-electron chi connectivity index (χ2n) is 4.54. The van der Waals surface area contributed by atoms with Crippen molar-refractivity contribution in [1.29, 1.82) is 0 Å². The molecule has 0 aliphatic rings. The van der Waals surface area contributed by atoms with Gasteiger partial charge in [-0.1, -0.05) is 27.7 Å². The van der Waals surface area contributed by atoms with Gasteiger partial charge in [0.2, 0.25) is 10.0 Å². The molecule has 0 atom stereocenters. The summed E-state index contributed by atoms with van der Waals surface area (Å²) >= 11 is 0. The van der Waals surface area contributed by atoms with Crippen LogP contribution in [0.2, 0.25) is 0 Å². The molecule has 0 aromatic carbocycles. The van der Waals surface area contributed by atoms with E-state index in [1.165, 1.54) is 6.26 Å². The van der Waals surface area contributed by atoms with Crippen molar-refractivity contribution in [3.05, 3.63) is 0 Å². The van der Waals surface area contributed by atoms with Crippen molar-refractivity contribution in [3.8, 4) is 0 Å². The van der Waals surface area contributed by atoms with Gasteiger partial charge < -0.3 is 4.90 Å². The van der Waals surface area contributed by atoms with Crippen LogP contribution in [0.25, 0.3) is 0 Å². The molecule has 0 aromatic rings. The minimum Gasteiger partial charge on any atom is -0.303 e. The predicted molar refractivity (Wildman–Crippen MR) is 69.0 cm³/mol. The van der Waals surface area contributed by atoms with Crippen LogP contribution < -0.4 is 0 Å². The minimum absolute atomic E-state index is 0.367. The summed E-state index contributed by atoms with van der Waals surface area (Å²) in [5.41, 5.74) is 0. The topological polar surface area (TPSA) is 40.6 Å². The monoisotopic (exact) mass is 250 g/mol. The Morgan fingerprint density at radius 3 is 1.88 bits per heavy atom. The molecule has 98 valence electrons. The van der Waals surface area contributed by atoms with Gasteiger partial charge >= 0.3 is 0 Å². The van der Waals surface area contributed by atoms with E-state index in [9.17, 15) is 8.42 Å². The Hall–Kier alpha value is -0.130. The summed E-state index contributed by atoms with van der Waals surface area (Å²) < 4.78 is 24.7. The summed E-state index contributed by atoms with van der Waals surface area (Å²) in [6.07, 6.45) is 1.29. The van der Waals surface area contributed by atoms with Gasteiger partial charge in [0.25, 0.3) is 0 Å². The van der Waals surface area contributed by atoms with E-state index in [4.69, 9.17) is 0 Å². The lowest BCUT2D eigenvalue weighted by Crippen LogP contribution is -2.39. The molecule has 0 saturated heterocycles. The van der Waals surface area contributed by atoms with E-state index < -0.39 is 10.0 Å². The number of hydrogen-bond donors (Lipinski definition) is 0. The van der Waals surface area contributed by atoms with E-state index in [2.05, 4.69) is 18.7 Å². The SMILES string of the molecule is CCN(CC)CCN(CC(C)C)S(C)(=O)=O. The van der Waals surface area contributed by atoms with Crippen molar-refractivity contribution < 1.29 is 8.42 Å². The van der Waals surface area contributed by atoms with Gasteiger partial charge in [0.15, 0.2) is 0 Å². The van der Waals surface area contributed by atoms with Crippen LogP contribution in [0.15, 0.2) is 0 Å². The third kappa shape index (κ3) is 6.45. The maximum Gasteiger partial charge on any atom is 0.211 e. The molecule has 0 rings (SSSR count). The standard InChI is InChI=1S/C11H26N2O2S/c1-6-12(7-2)8-9-13(10-11(3)4)16(5,14)15/h11H,6-10H2,1-5H3. The fraction of sp³-hybridized carbons (Fsp3) is 1.00. The average Bonchev–Trinajstić information content (AvgIpc) is 2.15. The Balaban J connectivity index is 4.34. The second kappa shape index (κ2) is 7.25. The third-order valence-electron chi connectivity index (χ3n) is 2.60. The van der Waals surface area contributed by atoms with Crippen molar-refractivity contribution in [1.82, 2.24) is 9.21 Å². The van der Waals surface area contributed by atoms with E-state index in [-0.39, 0.29) is 0 Å². The molecule has 4 nitrogen and oxygen atoms in total. The van der Waals surface area contributed by atoms with Crippen molar-refractivity contribution in [2.45, 2.75) is 27.7 Å². The first kappa shape index (κ1) is 15.9. The molecular formula is C11H26N2O2S. The number of rotatable bonds is 8. The Labute approximate surface area is 101 Å². The minimum atomic E-state index is -3.07. The van der Waals surface area contributed by atoms with Gasteiger partial charge in [-0.2, -0.15) is 0 Å². The molecule has 0 fully saturated rings. The summed E-state index contributed by atoms with van der Waals surface area (Å²) in [5, 5.41) is 0. The van der Waals surface area contributed by atoms with E-state index in [1.54, 1.807) is 4.31 Å². The lowest BCUT2D eigenvalue weighted by Gasteiger charge is -2.25. The van der Waals surface area contributed by atoms with Crippen LogP contribution in [-0.2, 0) is 10.0 Å². The Kier molecular flexibility index (Phi) is 7.19. The molecule has 0 spiro atoms. The molecule has 0 radical (unpaired) electrons. The summed E-state index contributed by atoms with van der Waals surface area (Å²) in [6.45, 7) is 12.2. The molecule has 0 heterocycles. The highest BCUT2D eigenvalue weighted by molar-refractivity contribution is 7.88. The highest BCUT2D eigenvalue weighted by Gasteiger charge is 2.18. The first-order valence-corrected chi connectivity index (χ1v) is 7.83. The number of hydrogen-bond acceptors (Lipinski definition) is 3. The molecular weight excluding hydrogens is 224 g/mol. The number of sulfonamides is 1. The fourth-order valence-corrected chi connectivity index (χ4v) is 2.57. The summed E-state index contributed by atoms with van der Waals surface area (Å²) in [5.74, 6) is 0.367. The molecule has 0 aliphatic carbocycles. The van der Waals surface area contributed by atoms with Gasteiger partial charge in [-0.15, -0.1) is 0 Å². The predicted octanol–water partition coefficient (Wildman–Crippen LogP) is 1.25. The first-order valence-electron chi connectivity index (χ1n) is 5.98. The molecule has 0 aliphatic heterocycles. The van der Waals surface area contributed by atoms with E-state index in [1.807, 2.05) is 13.8 Å². The largest absolute Gasteiger partial charge is 0.303 e. The van der Waals surface area contributed by atoms with Crippen molar-refractivity contribution in [3.63, 3.8) is 0 Å². The Bertz CT molecular complexity index is 272. The highest BCUT2D eigenvalue weighted by Crippen LogP contribution is 2.04. The lowest BCUT2D eigenvalue weighted by atomic mass is 10.2. The van der Waals surface area contributed by atoms with Crippen LogP contribution >= 0.6 is 0 Å². The smallest absolute Gasteiger partial charge is 0.211 e. The van der Waals surface area contributed by atoms with Crippen LogP contribution in [0, 0.1) is 5.92 Å². The van der Waals surface area contributed by atoms with Crippen LogP contribution in [0.3, 0.4) is 0 Å². The summed E-state index contributed by atoms with van der Waals surface area (Å²) in [4.78, 5) is 2.23. The van der Waals surface area contributed by atoms with E-state index in [0.717, 1.165) is 19.6 Å². The van der Waals surface area contributed by atoms with Crippen molar-refractivity contribution in [2.75, 3.05) is 39.0 Å². The second-order valence-corrected chi connectivity index (χ2v) is 6.52. The molecule has 0 aromatic heterocycles. The molecule has 0 N–H and O–H groups in total. The van der Waals surface area contributed by atoms with E-state index in [0.29, 0.717) is 19.0 Å². The van der Waals surface area contributed by atoms with Crippen LogP contribution in [0.1, 0.15) is 27.7 Å². The van der Waals surface area contributed by atoms with Gasteiger partial charge in [0.1, 0.15) is 0 Å². The number of likely N-dealkylation sites (N-methyl/N-ethyl adjacent to an activating group) is 1. The van der Waals surface area contributed by atoms with E-state index >= 15 is 0 Å². The lowest BCUT2D eigenvalue weighted by molar-refractivity contribution is 0.263. The molecule has 0 saturated carbocycles. The van der Waals surface area contributed by atoms with Gasteiger partial charge in [-0.25, -0.2) is 12.7 Å². The molecule has 5 heteroatoms. The van der Waals surface area contributed by atoms with Crippen molar-refractivity contribution in [2.24, 2.45) is 5.92 Å². The third-order valence-corrected chi connectivity index (χ3v) is 3.87. The van der Waals surface area contributed by atoms with Gasteiger partial charge in [-0.05, 0) is 19.0 Å². The van der Waals surface area contributed by atoms with Gasteiger partial charge in [0.05, 0.1) is 6.26 Å². The molecule has 16 heavy (non-hydrogen) atoms. The maximum absolute atomic E-state index is 11.6. The van der Waals surface area contributed by atoms with Gasteiger partial charge in [-0.3, -0.25) is 0 Å². The zero-order chi connectivity index (χ0) is 12.8. The maximum atomic E-state index is 11.6.